The van der Waals surface area contributed by atoms with Gasteiger partial charge in [-0.25, -0.2) is 12.8 Å². The summed E-state index contributed by atoms with van der Waals surface area (Å²) in [6.07, 6.45) is -23.9. The molecule has 0 saturated carbocycles. The molecule has 0 rings (SSSR count). The van der Waals surface area contributed by atoms with Crippen LogP contribution in [0.25, 0.3) is 0 Å². The Morgan fingerprint density at radius 2 is 0.517 bits per heavy atom. The van der Waals surface area contributed by atoms with E-state index in [9.17, 15) is 71.9 Å². The van der Waals surface area contributed by atoms with E-state index in [2.05, 4.69) is 0 Å². The quantitative estimate of drug-likeness (QED) is 0.242. The van der Waals surface area contributed by atoms with Crippen LogP contribution in [0.15, 0.2) is 0 Å². The third-order valence-corrected chi connectivity index (χ3v) is 1.64. The number of ketones is 4. The van der Waals surface area contributed by atoms with Gasteiger partial charge in [0.1, 0.15) is 23.1 Å². The van der Waals surface area contributed by atoms with E-state index in [1.54, 1.807) is 0 Å². The molecule has 1 radical (unpaired) electrons. The molecule has 0 aromatic rings. The Hall–Kier alpha value is -1.98. The first-order chi connectivity index (χ1) is 11.1. The predicted molar refractivity (Wildman–Crippen MR) is 60.1 cm³/mol. The fourth-order valence-electron chi connectivity index (χ4n) is 0.565. The first-order valence-electron chi connectivity index (χ1n) is 5.24. The van der Waals surface area contributed by atoms with Crippen molar-refractivity contribution in [1.29, 1.82) is 0 Å². The number of hydrogen-bond acceptors (Lipinski definition) is 4. The molecule has 0 fully saturated rings. The summed E-state index contributed by atoms with van der Waals surface area (Å²) in [6.45, 7) is 0. The second kappa shape index (κ2) is 12.6. The Bertz CT molecular complexity index is 461. The molecule has 0 aliphatic carbocycles. The van der Waals surface area contributed by atoms with Gasteiger partial charge in [0.25, 0.3) is 0 Å². The minimum absolute atomic E-state index is 0. The smallest absolute Gasteiger partial charge is 0.412 e. The summed E-state index contributed by atoms with van der Waals surface area (Å²) in [5.74, 6) is -11.3. The number of alkyl halides is 12. The zero-order valence-electron chi connectivity index (χ0n) is 12.6. The topological polar surface area (TPSA) is 131 Å². The summed E-state index contributed by atoms with van der Waals surface area (Å²) in [6, 6.07) is 0. The molecule has 6 nitrogen and oxygen atoms in total. The van der Waals surface area contributed by atoms with Gasteiger partial charge in [-0.05, 0) is 0 Å². The van der Waals surface area contributed by atoms with Crippen LogP contribution in [0.3, 0.4) is 0 Å². The Labute approximate surface area is 161 Å². The average molecular weight is 514 g/mol. The van der Waals surface area contributed by atoms with E-state index >= 15 is 0 Å². The molecular formula is C10H6CuF12O6. The normalized spacial score (nSPS) is 11.2. The Balaban J connectivity index is -0.000000120. The Kier molecular flexibility index (Phi) is 16.3. The number of carbonyl (C=O) groups excluding carboxylic acids is 4. The van der Waals surface area contributed by atoms with E-state index in [-0.39, 0.29) is 28.0 Å². The van der Waals surface area contributed by atoms with Crippen LogP contribution in [0.1, 0.15) is 0 Å². The van der Waals surface area contributed by atoms with E-state index < -0.39 is 60.7 Å². The molecule has 0 aromatic carbocycles. The van der Waals surface area contributed by atoms with Crippen molar-refractivity contribution in [2.45, 2.75) is 24.7 Å². The molecule has 0 amide bonds. The van der Waals surface area contributed by atoms with Crippen LogP contribution in [0.2, 0.25) is 0 Å². The molecule has 0 atom stereocenters. The van der Waals surface area contributed by atoms with Crippen LogP contribution >= 0.6 is 0 Å². The molecule has 0 aromatic heterocycles. The molecule has 0 unspecified atom stereocenters. The molecule has 0 bridgehead atoms. The van der Waals surface area contributed by atoms with Gasteiger partial charge in [-0.1, -0.05) is 0 Å². The summed E-state index contributed by atoms with van der Waals surface area (Å²) in [4.78, 5) is 39.3. The number of rotatable bonds is 4. The molecule has 0 aliphatic rings. The summed E-state index contributed by atoms with van der Waals surface area (Å²) in [7, 11) is 0. The Morgan fingerprint density at radius 3 is 0.586 bits per heavy atom. The maximum atomic E-state index is 11.3. The zero-order chi connectivity index (χ0) is 21.7. The fourth-order valence-corrected chi connectivity index (χ4v) is 0.565. The first kappa shape index (κ1) is 37.7. The van der Waals surface area contributed by atoms with Gasteiger partial charge in [-0.15, -0.1) is 0 Å². The SMILES string of the molecule is O.O.O=C([CH-]C(=O)C(F)(F)F)C(F)(F)F.O=C([CH-]C(=O)C(F)(F)F)C(F)(F)F.[Cu+2]. The second-order valence-corrected chi connectivity index (χ2v) is 3.74. The maximum absolute atomic E-state index is 11.3. The first-order valence-corrected chi connectivity index (χ1v) is 5.24. The molecule has 29 heavy (non-hydrogen) atoms. The maximum Gasteiger partial charge on any atom is 2.00 e. The van der Waals surface area contributed by atoms with Crippen LogP contribution in [0, 0.1) is 12.8 Å². The van der Waals surface area contributed by atoms with Crippen molar-refractivity contribution in [2.24, 2.45) is 0 Å². The van der Waals surface area contributed by atoms with Crippen LogP contribution in [-0.4, -0.2) is 58.8 Å². The van der Waals surface area contributed by atoms with Crippen molar-refractivity contribution in [1.82, 2.24) is 0 Å². The summed E-state index contributed by atoms with van der Waals surface area (Å²) < 4.78 is 136. The van der Waals surface area contributed by atoms with Crippen molar-refractivity contribution < 1.29 is 99.9 Å². The number of halogens is 12. The molecule has 0 spiro atoms. The van der Waals surface area contributed by atoms with Crippen LogP contribution in [0.5, 0.6) is 0 Å². The Morgan fingerprint density at radius 1 is 0.414 bits per heavy atom. The number of Topliss-reactive ketones (excluding diaryl/α,β-unsaturated/α-hetero) is 4. The molecular weight excluding hydrogens is 508 g/mol. The minimum atomic E-state index is -5.46. The van der Waals surface area contributed by atoms with Gasteiger partial charge in [0.05, 0.1) is 0 Å². The van der Waals surface area contributed by atoms with Gasteiger partial charge in [0.2, 0.25) is 0 Å². The van der Waals surface area contributed by atoms with E-state index in [0.717, 1.165) is 0 Å². The van der Waals surface area contributed by atoms with Crippen LogP contribution < -0.4 is 0 Å². The van der Waals surface area contributed by atoms with Gasteiger partial charge in [0, 0.05) is 0 Å². The molecule has 0 saturated heterocycles. The molecule has 19 heteroatoms. The van der Waals surface area contributed by atoms with Crippen LogP contribution in [-0.2, 0) is 36.2 Å². The standard InChI is InChI=1S/2C5HF6O2.Cu.2H2O/c2*6-4(7,8)2(12)1-3(13)5(9,10)11;;;/h2*1H;;2*1H2/q2*-1;+2;;. The van der Waals surface area contributed by atoms with Crippen molar-refractivity contribution in [3.05, 3.63) is 12.8 Å². The van der Waals surface area contributed by atoms with Crippen LogP contribution in [0.4, 0.5) is 52.7 Å². The molecule has 177 valence electrons. The molecule has 0 aliphatic heterocycles. The van der Waals surface area contributed by atoms with Gasteiger partial charge < -0.3 is 30.1 Å². The monoisotopic (exact) mass is 513 g/mol. The van der Waals surface area contributed by atoms with E-state index in [4.69, 9.17) is 0 Å². The largest absolute Gasteiger partial charge is 2.00 e. The van der Waals surface area contributed by atoms with Gasteiger partial charge in [-0.2, -0.15) is 52.7 Å². The molecule has 4 N–H and O–H groups in total. The average Bonchev–Trinajstić information content (AvgIpc) is 2.34. The van der Waals surface area contributed by atoms with Crippen molar-refractivity contribution in [3.8, 4) is 0 Å². The van der Waals surface area contributed by atoms with Gasteiger partial charge in [-0.3, -0.25) is 0 Å². The summed E-state index contributed by atoms with van der Waals surface area (Å²) in [5, 5.41) is 0. The van der Waals surface area contributed by atoms with Crippen molar-refractivity contribution in [3.63, 3.8) is 0 Å². The zero-order valence-corrected chi connectivity index (χ0v) is 13.6. The summed E-state index contributed by atoms with van der Waals surface area (Å²) >= 11 is 0. The number of hydrogen-bond donors (Lipinski definition) is 0. The van der Waals surface area contributed by atoms with Crippen molar-refractivity contribution in [2.75, 3.05) is 0 Å². The third-order valence-electron chi connectivity index (χ3n) is 1.64. The van der Waals surface area contributed by atoms with E-state index in [1.807, 2.05) is 0 Å². The minimum Gasteiger partial charge on any atom is -0.412 e. The molecule has 0 heterocycles. The van der Waals surface area contributed by atoms with Gasteiger partial charge >= 0.3 is 41.8 Å². The van der Waals surface area contributed by atoms with Crippen molar-refractivity contribution >= 4 is 23.1 Å². The summed E-state index contributed by atoms with van der Waals surface area (Å²) in [5.41, 5.74) is 0. The third kappa shape index (κ3) is 16.7. The number of carbonyl (C=O) groups is 4. The fraction of sp³-hybridized carbons (Fsp3) is 0.400. The van der Waals surface area contributed by atoms with E-state index in [1.165, 1.54) is 0 Å². The van der Waals surface area contributed by atoms with E-state index in [0.29, 0.717) is 0 Å². The predicted octanol–water partition coefficient (Wildman–Crippen LogP) is 1.26. The second-order valence-electron chi connectivity index (χ2n) is 3.74. The van der Waals surface area contributed by atoms with Gasteiger partial charge in [0.15, 0.2) is 0 Å².